The van der Waals surface area contributed by atoms with E-state index in [0.29, 0.717) is 11.8 Å². The second-order valence-corrected chi connectivity index (χ2v) is 5.55. The Labute approximate surface area is 100 Å². The first-order valence-corrected chi connectivity index (χ1v) is 6.57. The van der Waals surface area contributed by atoms with Crippen molar-refractivity contribution in [3.63, 3.8) is 0 Å². The molecule has 2 unspecified atom stereocenters. The van der Waals surface area contributed by atoms with Crippen LogP contribution in [0, 0.1) is 11.8 Å². The molecule has 2 atom stereocenters. The quantitative estimate of drug-likeness (QED) is 0.752. The number of rotatable bonds is 6. The maximum absolute atomic E-state index is 6.04. The van der Waals surface area contributed by atoms with Crippen LogP contribution in [0.25, 0.3) is 0 Å². The van der Waals surface area contributed by atoms with Crippen molar-refractivity contribution in [2.75, 3.05) is 32.8 Å². The Balaban J connectivity index is 2.73. The van der Waals surface area contributed by atoms with E-state index in [1.54, 1.807) is 0 Å². The summed E-state index contributed by atoms with van der Waals surface area (Å²) < 4.78 is 5.52. The molecule has 2 N–H and O–H groups in total. The van der Waals surface area contributed by atoms with Gasteiger partial charge in [0.15, 0.2) is 0 Å². The van der Waals surface area contributed by atoms with Gasteiger partial charge in [0.1, 0.15) is 0 Å². The molecule has 0 saturated carbocycles. The van der Waals surface area contributed by atoms with E-state index in [4.69, 9.17) is 10.5 Å². The summed E-state index contributed by atoms with van der Waals surface area (Å²) in [7, 11) is 0. The van der Waals surface area contributed by atoms with E-state index in [1.165, 1.54) is 0 Å². The van der Waals surface area contributed by atoms with Gasteiger partial charge in [0.25, 0.3) is 0 Å². The van der Waals surface area contributed by atoms with E-state index in [1.807, 2.05) is 0 Å². The van der Waals surface area contributed by atoms with Crippen LogP contribution >= 0.6 is 0 Å². The van der Waals surface area contributed by atoms with Gasteiger partial charge in [-0.1, -0.05) is 20.8 Å². The first-order valence-electron chi connectivity index (χ1n) is 6.57. The average Bonchev–Trinajstić information content (AvgIpc) is 2.78. The van der Waals surface area contributed by atoms with Crippen molar-refractivity contribution < 1.29 is 4.74 Å². The van der Waals surface area contributed by atoms with Crippen LogP contribution in [0.4, 0.5) is 0 Å². The summed E-state index contributed by atoms with van der Waals surface area (Å²) in [5.74, 6) is 1.28. The van der Waals surface area contributed by atoms with Crippen LogP contribution in [-0.2, 0) is 4.74 Å². The number of nitrogens with zero attached hydrogens (tertiary/aromatic N) is 1. The van der Waals surface area contributed by atoms with Crippen molar-refractivity contribution in [1.29, 1.82) is 0 Å². The Morgan fingerprint density at radius 1 is 1.50 bits per heavy atom. The fourth-order valence-electron chi connectivity index (χ4n) is 2.72. The first-order chi connectivity index (χ1) is 7.54. The van der Waals surface area contributed by atoms with Gasteiger partial charge in [0.2, 0.25) is 0 Å². The summed E-state index contributed by atoms with van der Waals surface area (Å²) in [6, 6.07) is 0. The molecule has 1 aliphatic rings. The smallest absolute Gasteiger partial charge is 0.0513 e. The molecule has 0 radical (unpaired) electrons. The molecule has 0 aromatic carbocycles. The molecule has 1 rings (SSSR count). The van der Waals surface area contributed by atoms with Crippen LogP contribution < -0.4 is 5.73 Å². The third kappa shape index (κ3) is 2.96. The van der Waals surface area contributed by atoms with Gasteiger partial charge < -0.3 is 10.5 Å². The van der Waals surface area contributed by atoms with Gasteiger partial charge in [0, 0.05) is 31.2 Å². The van der Waals surface area contributed by atoms with Crippen LogP contribution in [0.1, 0.15) is 34.1 Å². The fraction of sp³-hybridized carbons (Fsp3) is 1.00. The van der Waals surface area contributed by atoms with Crippen molar-refractivity contribution in [3.05, 3.63) is 0 Å². The monoisotopic (exact) mass is 228 g/mol. The SMILES string of the molecule is CCN(CC(C)C)C(C)(CN)C1CCOC1. The van der Waals surface area contributed by atoms with Gasteiger partial charge in [-0.3, -0.25) is 4.90 Å². The zero-order valence-corrected chi connectivity index (χ0v) is 11.3. The third-order valence-electron chi connectivity index (χ3n) is 3.91. The lowest BCUT2D eigenvalue weighted by Crippen LogP contribution is -2.57. The Kier molecular flexibility index (Phi) is 5.22. The summed E-state index contributed by atoms with van der Waals surface area (Å²) in [4.78, 5) is 2.54. The Bertz CT molecular complexity index is 202. The second-order valence-electron chi connectivity index (χ2n) is 5.55. The van der Waals surface area contributed by atoms with Gasteiger partial charge in [0.05, 0.1) is 6.61 Å². The minimum absolute atomic E-state index is 0.107. The molecule has 0 amide bonds. The predicted octanol–water partition coefficient (Wildman–Crippen LogP) is 1.72. The van der Waals surface area contributed by atoms with E-state index in [0.717, 1.165) is 39.3 Å². The lowest BCUT2D eigenvalue weighted by Gasteiger charge is -2.45. The number of likely N-dealkylation sites (N-methyl/N-ethyl adjacent to an activating group) is 1. The van der Waals surface area contributed by atoms with Crippen molar-refractivity contribution in [2.45, 2.75) is 39.7 Å². The molecule has 1 aliphatic heterocycles. The van der Waals surface area contributed by atoms with Crippen molar-refractivity contribution in [3.8, 4) is 0 Å². The van der Waals surface area contributed by atoms with Crippen LogP contribution in [0.15, 0.2) is 0 Å². The summed E-state index contributed by atoms with van der Waals surface area (Å²) in [5, 5.41) is 0. The second kappa shape index (κ2) is 5.99. The van der Waals surface area contributed by atoms with Gasteiger partial charge >= 0.3 is 0 Å². The first kappa shape index (κ1) is 13.9. The molecular formula is C13H28N2O. The molecule has 16 heavy (non-hydrogen) atoms. The van der Waals surface area contributed by atoms with Crippen molar-refractivity contribution >= 4 is 0 Å². The summed E-state index contributed by atoms with van der Waals surface area (Å²) in [6.45, 7) is 13.8. The van der Waals surface area contributed by atoms with Crippen molar-refractivity contribution in [1.82, 2.24) is 4.90 Å². The molecular weight excluding hydrogens is 200 g/mol. The van der Waals surface area contributed by atoms with Crippen LogP contribution in [0.2, 0.25) is 0 Å². The lowest BCUT2D eigenvalue weighted by atomic mass is 9.82. The number of ether oxygens (including phenoxy) is 1. The highest BCUT2D eigenvalue weighted by Gasteiger charge is 2.39. The Morgan fingerprint density at radius 3 is 2.56 bits per heavy atom. The van der Waals surface area contributed by atoms with Crippen LogP contribution in [0.5, 0.6) is 0 Å². The van der Waals surface area contributed by atoms with E-state index in [9.17, 15) is 0 Å². The molecule has 0 aromatic rings. The molecule has 0 aliphatic carbocycles. The maximum atomic E-state index is 6.04. The van der Waals surface area contributed by atoms with Gasteiger partial charge in [-0.15, -0.1) is 0 Å². The topological polar surface area (TPSA) is 38.5 Å². The predicted molar refractivity (Wildman–Crippen MR) is 68.5 cm³/mol. The maximum Gasteiger partial charge on any atom is 0.0513 e. The summed E-state index contributed by atoms with van der Waals surface area (Å²) in [6.07, 6.45) is 1.16. The zero-order valence-electron chi connectivity index (χ0n) is 11.3. The fourth-order valence-corrected chi connectivity index (χ4v) is 2.72. The van der Waals surface area contributed by atoms with E-state index in [-0.39, 0.29) is 5.54 Å². The molecule has 3 nitrogen and oxygen atoms in total. The molecule has 1 saturated heterocycles. The van der Waals surface area contributed by atoms with Crippen LogP contribution in [0.3, 0.4) is 0 Å². The van der Waals surface area contributed by atoms with E-state index in [2.05, 4.69) is 32.6 Å². The number of hydrogen-bond donors (Lipinski definition) is 1. The minimum Gasteiger partial charge on any atom is -0.381 e. The number of nitrogens with two attached hydrogens (primary N) is 1. The summed E-state index contributed by atoms with van der Waals surface area (Å²) >= 11 is 0. The lowest BCUT2D eigenvalue weighted by molar-refractivity contribution is 0.0404. The molecule has 0 aromatic heterocycles. The van der Waals surface area contributed by atoms with E-state index < -0.39 is 0 Å². The largest absolute Gasteiger partial charge is 0.381 e. The Morgan fingerprint density at radius 2 is 2.19 bits per heavy atom. The molecule has 3 heteroatoms. The minimum atomic E-state index is 0.107. The zero-order chi connectivity index (χ0) is 12.2. The van der Waals surface area contributed by atoms with E-state index >= 15 is 0 Å². The molecule has 0 bridgehead atoms. The normalized spacial score (nSPS) is 25.3. The van der Waals surface area contributed by atoms with Crippen molar-refractivity contribution in [2.24, 2.45) is 17.6 Å². The highest BCUT2D eigenvalue weighted by Crippen LogP contribution is 2.31. The van der Waals surface area contributed by atoms with Gasteiger partial charge in [-0.2, -0.15) is 0 Å². The standard InChI is InChI=1S/C13H28N2O/c1-5-15(8-11(2)3)13(4,10-14)12-6-7-16-9-12/h11-12H,5-10,14H2,1-4H3. The Hall–Kier alpha value is -0.120. The summed E-state index contributed by atoms with van der Waals surface area (Å²) in [5.41, 5.74) is 6.15. The molecule has 1 heterocycles. The molecule has 96 valence electrons. The molecule has 1 fully saturated rings. The van der Waals surface area contributed by atoms with Gasteiger partial charge in [-0.25, -0.2) is 0 Å². The van der Waals surface area contributed by atoms with Gasteiger partial charge in [-0.05, 0) is 25.8 Å². The average molecular weight is 228 g/mol. The number of hydrogen-bond acceptors (Lipinski definition) is 3. The highest BCUT2D eigenvalue weighted by molar-refractivity contribution is 4.95. The molecule has 0 spiro atoms. The van der Waals surface area contributed by atoms with Crippen LogP contribution in [-0.4, -0.2) is 43.3 Å². The highest BCUT2D eigenvalue weighted by atomic mass is 16.5. The third-order valence-corrected chi connectivity index (χ3v) is 3.91.